The van der Waals surface area contributed by atoms with Gasteiger partial charge in [0, 0.05) is 24.4 Å². The lowest BCUT2D eigenvalue weighted by Gasteiger charge is -2.19. The Labute approximate surface area is 121 Å². The summed E-state index contributed by atoms with van der Waals surface area (Å²) in [7, 11) is 0. The zero-order valence-electron chi connectivity index (χ0n) is 11.8. The number of amides is 1. The van der Waals surface area contributed by atoms with Crippen LogP contribution in [0.25, 0.3) is 0 Å². The topological polar surface area (TPSA) is 136 Å². The number of carboxylic acids is 1. The molecule has 0 heterocycles. The Kier molecular flexibility index (Phi) is 4.85. The lowest BCUT2D eigenvalue weighted by atomic mass is 9.89. The van der Waals surface area contributed by atoms with Gasteiger partial charge in [-0.2, -0.15) is 0 Å². The second-order valence-electron chi connectivity index (χ2n) is 5.22. The van der Waals surface area contributed by atoms with Gasteiger partial charge >= 0.3 is 5.97 Å². The molecule has 4 N–H and O–H groups in total. The quantitative estimate of drug-likeness (QED) is 0.412. The minimum Gasteiger partial charge on any atom is -0.481 e. The van der Waals surface area contributed by atoms with E-state index in [-0.39, 0.29) is 29.9 Å². The van der Waals surface area contributed by atoms with Crippen molar-refractivity contribution in [1.82, 2.24) is 5.32 Å². The number of anilines is 1. The van der Waals surface area contributed by atoms with Gasteiger partial charge in [0.2, 0.25) is 0 Å². The third-order valence-electron chi connectivity index (χ3n) is 3.11. The number of nitrogen functional groups attached to an aromatic ring is 1. The Hall–Kier alpha value is -2.64. The van der Waals surface area contributed by atoms with Crippen LogP contribution < -0.4 is 11.1 Å². The lowest BCUT2D eigenvalue weighted by Crippen LogP contribution is -2.32. The summed E-state index contributed by atoms with van der Waals surface area (Å²) in [5.41, 5.74) is 4.53. The van der Waals surface area contributed by atoms with Gasteiger partial charge in [-0.25, -0.2) is 0 Å². The number of aliphatic carboxylic acids is 1. The van der Waals surface area contributed by atoms with Crippen LogP contribution in [0.1, 0.15) is 30.6 Å². The highest BCUT2D eigenvalue weighted by molar-refractivity contribution is 5.99. The van der Waals surface area contributed by atoms with E-state index >= 15 is 0 Å². The SMILES string of the molecule is CC(C)(CCNC(=O)c1cc([N+](=O)[O-])ccc1N)C(=O)O. The largest absolute Gasteiger partial charge is 0.481 e. The molecule has 21 heavy (non-hydrogen) atoms. The summed E-state index contributed by atoms with van der Waals surface area (Å²) < 4.78 is 0. The molecule has 0 aromatic heterocycles. The Balaban J connectivity index is 2.75. The molecule has 8 heteroatoms. The van der Waals surface area contributed by atoms with Crippen molar-refractivity contribution in [3.8, 4) is 0 Å². The van der Waals surface area contributed by atoms with E-state index in [0.717, 1.165) is 6.07 Å². The number of nitrogens with one attached hydrogen (secondary N) is 1. The molecule has 0 aliphatic carbocycles. The second-order valence-corrected chi connectivity index (χ2v) is 5.22. The van der Waals surface area contributed by atoms with Crippen molar-refractivity contribution in [1.29, 1.82) is 0 Å². The van der Waals surface area contributed by atoms with E-state index in [1.54, 1.807) is 13.8 Å². The number of carboxylic acid groups (broad SMARTS) is 1. The standard InChI is InChI=1S/C13H17N3O5/c1-13(2,12(18)19)5-6-15-11(17)9-7-8(16(20)21)3-4-10(9)14/h3-4,7H,5-6,14H2,1-2H3,(H,15,17)(H,18,19). The van der Waals surface area contributed by atoms with E-state index in [1.807, 2.05) is 0 Å². The molecule has 0 spiro atoms. The summed E-state index contributed by atoms with van der Waals surface area (Å²) >= 11 is 0. The first-order chi connectivity index (χ1) is 9.65. The van der Waals surface area contributed by atoms with E-state index in [9.17, 15) is 19.7 Å². The van der Waals surface area contributed by atoms with Gasteiger partial charge in [0.15, 0.2) is 0 Å². The molecule has 0 unspecified atom stereocenters. The van der Waals surface area contributed by atoms with Crippen LogP contribution in [0, 0.1) is 15.5 Å². The maximum Gasteiger partial charge on any atom is 0.309 e. The van der Waals surface area contributed by atoms with Crippen LogP contribution in [0.15, 0.2) is 18.2 Å². The monoisotopic (exact) mass is 295 g/mol. The molecular formula is C13H17N3O5. The summed E-state index contributed by atoms with van der Waals surface area (Å²) in [5.74, 6) is -1.54. The first-order valence-corrected chi connectivity index (χ1v) is 6.20. The van der Waals surface area contributed by atoms with Crippen LogP contribution >= 0.6 is 0 Å². The predicted octanol–water partition coefficient (Wildman–Crippen LogP) is 1.41. The number of nitro groups is 1. The summed E-state index contributed by atoms with van der Waals surface area (Å²) in [5, 5.41) is 22.1. The van der Waals surface area contributed by atoms with E-state index in [1.165, 1.54) is 12.1 Å². The van der Waals surface area contributed by atoms with Crippen molar-refractivity contribution in [3.63, 3.8) is 0 Å². The number of carbonyl (C=O) groups is 2. The molecule has 0 saturated carbocycles. The van der Waals surface area contributed by atoms with Crippen molar-refractivity contribution in [3.05, 3.63) is 33.9 Å². The van der Waals surface area contributed by atoms with Crippen molar-refractivity contribution in [2.24, 2.45) is 5.41 Å². The summed E-state index contributed by atoms with van der Waals surface area (Å²) in [6.45, 7) is 3.21. The maximum absolute atomic E-state index is 11.9. The summed E-state index contributed by atoms with van der Waals surface area (Å²) in [6.07, 6.45) is 0.225. The molecule has 0 fully saturated rings. The van der Waals surface area contributed by atoms with Gasteiger partial charge in [-0.05, 0) is 26.3 Å². The van der Waals surface area contributed by atoms with Gasteiger partial charge < -0.3 is 16.2 Å². The third-order valence-corrected chi connectivity index (χ3v) is 3.11. The zero-order chi connectivity index (χ0) is 16.2. The van der Waals surface area contributed by atoms with E-state index in [4.69, 9.17) is 10.8 Å². The minimum absolute atomic E-state index is 0.00247. The first-order valence-electron chi connectivity index (χ1n) is 6.20. The molecule has 0 radical (unpaired) electrons. The predicted molar refractivity (Wildman–Crippen MR) is 75.9 cm³/mol. The van der Waals surface area contributed by atoms with Gasteiger partial charge in [-0.15, -0.1) is 0 Å². The van der Waals surface area contributed by atoms with Crippen molar-refractivity contribution < 1.29 is 19.6 Å². The third kappa shape index (κ3) is 4.16. The summed E-state index contributed by atoms with van der Waals surface area (Å²) in [6, 6.07) is 3.58. The van der Waals surface area contributed by atoms with Crippen LogP contribution in [0.5, 0.6) is 0 Å². The van der Waals surface area contributed by atoms with Crippen LogP contribution in [-0.2, 0) is 4.79 Å². The Morgan fingerprint density at radius 3 is 2.57 bits per heavy atom. The smallest absolute Gasteiger partial charge is 0.309 e. The fraction of sp³-hybridized carbons (Fsp3) is 0.385. The molecule has 1 amide bonds. The van der Waals surface area contributed by atoms with Gasteiger partial charge in [0.25, 0.3) is 11.6 Å². The molecule has 0 saturated heterocycles. The number of benzene rings is 1. The van der Waals surface area contributed by atoms with Crippen molar-refractivity contribution in [2.75, 3.05) is 12.3 Å². The highest BCUT2D eigenvalue weighted by Crippen LogP contribution is 2.21. The highest BCUT2D eigenvalue weighted by Gasteiger charge is 2.26. The average Bonchev–Trinajstić information content (AvgIpc) is 2.38. The van der Waals surface area contributed by atoms with E-state index in [0.29, 0.717) is 0 Å². The molecule has 1 rings (SSSR count). The summed E-state index contributed by atoms with van der Waals surface area (Å²) in [4.78, 5) is 32.9. The van der Waals surface area contributed by atoms with E-state index in [2.05, 4.69) is 5.32 Å². The average molecular weight is 295 g/mol. The number of nitrogens with two attached hydrogens (primary N) is 1. The van der Waals surface area contributed by atoms with Crippen molar-refractivity contribution >= 4 is 23.3 Å². The number of nitrogens with zero attached hydrogens (tertiary/aromatic N) is 1. The lowest BCUT2D eigenvalue weighted by molar-refractivity contribution is -0.384. The van der Waals surface area contributed by atoms with Gasteiger partial charge in [-0.1, -0.05) is 0 Å². The van der Waals surface area contributed by atoms with Crippen LogP contribution in [0.3, 0.4) is 0 Å². The zero-order valence-corrected chi connectivity index (χ0v) is 11.8. The molecule has 0 aliphatic heterocycles. The molecule has 8 nitrogen and oxygen atoms in total. The number of carbonyl (C=O) groups excluding carboxylic acids is 1. The highest BCUT2D eigenvalue weighted by atomic mass is 16.6. The van der Waals surface area contributed by atoms with Crippen LogP contribution in [-0.4, -0.2) is 28.5 Å². The molecule has 1 aromatic carbocycles. The molecule has 0 atom stereocenters. The molecule has 0 bridgehead atoms. The fourth-order valence-corrected chi connectivity index (χ4v) is 1.55. The van der Waals surface area contributed by atoms with Gasteiger partial charge in [0.05, 0.1) is 15.9 Å². The van der Waals surface area contributed by atoms with Gasteiger partial charge in [0.1, 0.15) is 0 Å². The Morgan fingerprint density at radius 1 is 1.43 bits per heavy atom. The maximum atomic E-state index is 11.9. The molecule has 114 valence electrons. The van der Waals surface area contributed by atoms with Crippen LogP contribution in [0.4, 0.5) is 11.4 Å². The minimum atomic E-state index is -0.971. The fourth-order valence-electron chi connectivity index (χ4n) is 1.55. The van der Waals surface area contributed by atoms with E-state index < -0.39 is 22.2 Å². The first kappa shape index (κ1) is 16.4. The van der Waals surface area contributed by atoms with Crippen molar-refractivity contribution in [2.45, 2.75) is 20.3 Å². The number of rotatable bonds is 6. The van der Waals surface area contributed by atoms with Crippen LogP contribution in [0.2, 0.25) is 0 Å². The molecular weight excluding hydrogens is 278 g/mol. The Morgan fingerprint density at radius 2 is 2.05 bits per heavy atom. The molecule has 0 aliphatic rings. The Bertz CT molecular complexity index is 583. The number of hydrogen-bond donors (Lipinski definition) is 3. The number of hydrogen-bond acceptors (Lipinski definition) is 5. The normalized spacial score (nSPS) is 11.0. The van der Waals surface area contributed by atoms with Gasteiger partial charge in [-0.3, -0.25) is 19.7 Å². The number of nitro benzene ring substituents is 1. The number of non-ortho nitro benzene ring substituents is 1. The molecule has 1 aromatic rings. The second kappa shape index (κ2) is 6.21.